The molecule has 1 aromatic carbocycles. The summed E-state index contributed by atoms with van der Waals surface area (Å²) in [5, 5.41) is 3.30. The largest absolute Gasteiger partial charge is 0.493 e. The highest BCUT2D eigenvalue weighted by Crippen LogP contribution is 2.19. The van der Waals surface area contributed by atoms with E-state index in [4.69, 9.17) is 4.74 Å². The molecule has 18 heavy (non-hydrogen) atoms. The number of aryl methyl sites for hydroxylation is 1. The van der Waals surface area contributed by atoms with Gasteiger partial charge in [0.1, 0.15) is 0 Å². The molecule has 94 valence electrons. The second-order valence-electron chi connectivity index (χ2n) is 4.07. The fraction of sp³-hybridized carbons (Fsp3) is 0.267. The van der Waals surface area contributed by atoms with Crippen molar-refractivity contribution in [3.05, 3.63) is 54.2 Å². The van der Waals surface area contributed by atoms with Gasteiger partial charge in [-0.25, -0.2) is 4.98 Å². The molecule has 0 aliphatic carbocycles. The average molecular weight is 242 g/mol. The third-order valence-corrected chi connectivity index (χ3v) is 2.77. The van der Waals surface area contributed by atoms with E-state index in [0.29, 0.717) is 0 Å². The first-order chi connectivity index (χ1) is 8.90. The van der Waals surface area contributed by atoms with Crippen LogP contribution in [0.1, 0.15) is 12.0 Å². The predicted molar refractivity (Wildman–Crippen MR) is 74.0 cm³/mol. The number of aromatic nitrogens is 1. The van der Waals surface area contributed by atoms with Crippen LogP contribution in [0.5, 0.6) is 5.75 Å². The van der Waals surface area contributed by atoms with Crippen molar-refractivity contribution >= 4 is 5.82 Å². The lowest BCUT2D eigenvalue weighted by Gasteiger charge is -2.09. The number of anilines is 1. The summed E-state index contributed by atoms with van der Waals surface area (Å²) in [6, 6.07) is 14.3. The number of hydrogen-bond donors (Lipinski definition) is 1. The molecule has 0 fully saturated rings. The SMILES string of the molecule is COc1cccnc1NCCCc1ccccc1. The van der Waals surface area contributed by atoms with Crippen molar-refractivity contribution in [3.8, 4) is 5.75 Å². The van der Waals surface area contributed by atoms with Crippen molar-refractivity contribution < 1.29 is 4.74 Å². The fourth-order valence-electron chi connectivity index (χ4n) is 1.83. The first-order valence-electron chi connectivity index (χ1n) is 6.17. The maximum atomic E-state index is 5.24. The number of pyridine rings is 1. The lowest BCUT2D eigenvalue weighted by atomic mass is 10.1. The molecular formula is C15H18N2O. The van der Waals surface area contributed by atoms with Gasteiger partial charge in [-0.2, -0.15) is 0 Å². The van der Waals surface area contributed by atoms with Gasteiger partial charge < -0.3 is 10.1 Å². The van der Waals surface area contributed by atoms with Crippen LogP contribution in [-0.4, -0.2) is 18.6 Å². The van der Waals surface area contributed by atoms with Crippen molar-refractivity contribution in [2.75, 3.05) is 19.0 Å². The Morgan fingerprint density at radius 3 is 2.72 bits per heavy atom. The molecule has 1 heterocycles. The van der Waals surface area contributed by atoms with E-state index in [-0.39, 0.29) is 0 Å². The van der Waals surface area contributed by atoms with Crippen LogP contribution in [0, 0.1) is 0 Å². The van der Waals surface area contributed by atoms with E-state index in [0.717, 1.165) is 31.0 Å². The van der Waals surface area contributed by atoms with E-state index in [1.165, 1.54) is 5.56 Å². The summed E-state index contributed by atoms with van der Waals surface area (Å²) >= 11 is 0. The summed E-state index contributed by atoms with van der Waals surface area (Å²) in [5.41, 5.74) is 1.37. The lowest BCUT2D eigenvalue weighted by molar-refractivity contribution is 0.415. The summed E-state index contributed by atoms with van der Waals surface area (Å²) in [4.78, 5) is 4.26. The minimum absolute atomic E-state index is 0.789. The highest BCUT2D eigenvalue weighted by atomic mass is 16.5. The molecule has 0 radical (unpaired) electrons. The van der Waals surface area contributed by atoms with Gasteiger partial charge in [0.25, 0.3) is 0 Å². The van der Waals surface area contributed by atoms with Gasteiger partial charge in [0.15, 0.2) is 11.6 Å². The third kappa shape index (κ3) is 3.48. The third-order valence-electron chi connectivity index (χ3n) is 2.77. The molecule has 0 bridgehead atoms. The zero-order valence-corrected chi connectivity index (χ0v) is 10.6. The Kier molecular flexibility index (Phi) is 4.59. The van der Waals surface area contributed by atoms with Gasteiger partial charge >= 0.3 is 0 Å². The first kappa shape index (κ1) is 12.4. The zero-order chi connectivity index (χ0) is 12.6. The Morgan fingerprint density at radius 2 is 1.94 bits per heavy atom. The topological polar surface area (TPSA) is 34.1 Å². The molecule has 0 unspecified atom stereocenters. The van der Waals surface area contributed by atoms with Crippen molar-refractivity contribution in [3.63, 3.8) is 0 Å². The first-order valence-corrected chi connectivity index (χ1v) is 6.17. The summed E-state index contributed by atoms with van der Waals surface area (Å²) in [7, 11) is 1.66. The minimum Gasteiger partial charge on any atom is -0.493 e. The van der Waals surface area contributed by atoms with Crippen molar-refractivity contribution in [1.82, 2.24) is 4.98 Å². The van der Waals surface area contributed by atoms with Crippen LogP contribution < -0.4 is 10.1 Å². The number of nitrogens with zero attached hydrogens (tertiary/aromatic N) is 1. The average Bonchev–Trinajstić information content (AvgIpc) is 2.45. The van der Waals surface area contributed by atoms with Gasteiger partial charge in [0.05, 0.1) is 7.11 Å². The molecular weight excluding hydrogens is 224 g/mol. The van der Waals surface area contributed by atoms with E-state index in [9.17, 15) is 0 Å². The smallest absolute Gasteiger partial charge is 0.168 e. The zero-order valence-electron chi connectivity index (χ0n) is 10.6. The highest BCUT2D eigenvalue weighted by molar-refractivity contribution is 5.49. The van der Waals surface area contributed by atoms with E-state index in [2.05, 4.69) is 34.6 Å². The number of hydrogen-bond acceptors (Lipinski definition) is 3. The van der Waals surface area contributed by atoms with Crippen LogP contribution in [-0.2, 0) is 6.42 Å². The second kappa shape index (κ2) is 6.64. The Labute approximate surface area is 108 Å². The molecule has 1 aromatic heterocycles. The number of rotatable bonds is 6. The fourth-order valence-corrected chi connectivity index (χ4v) is 1.83. The predicted octanol–water partition coefficient (Wildman–Crippen LogP) is 3.13. The lowest BCUT2D eigenvalue weighted by Crippen LogP contribution is -2.05. The highest BCUT2D eigenvalue weighted by Gasteiger charge is 2.01. The summed E-state index contributed by atoms with van der Waals surface area (Å²) in [6.45, 7) is 0.891. The second-order valence-corrected chi connectivity index (χ2v) is 4.07. The van der Waals surface area contributed by atoms with Crippen molar-refractivity contribution in [2.24, 2.45) is 0 Å². The van der Waals surface area contributed by atoms with Crippen LogP contribution in [0.15, 0.2) is 48.7 Å². The molecule has 0 saturated carbocycles. The summed E-state index contributed by atoms with van der Waals surface area (Å²) in [6.07, 6.45) is 3.91. The van der Waals surface area contributed by atoms with E-state index in [1.807, 2.05) is 18.2 Å². The van der Waals surface area contributed by atoms with Crippen LogP contribution in [0.3, 0.4) is 0 Å². The molecule has 2 rings (SSSR count). The Bertz CT molecular complexity index is 471. The summed E-state index contributed by atoms with van der Waals surface area (Å²) in [5.74, 6) is 1.60. The molecule has 2 aromatic rings. The van der Waals surface area contributed by atoms with Gasteiger partial charge in [-0.05, 0) is 30.5 Å². The number of methoxy groups -OCH3 is 1. The quantitative estimate of drug-likeness (QED) is 0.790. The van der Waals surface area contributed by atoms with Crippen molar-refractivity contribution in [2.45, 2.75) is 12.8 Å². The molecule has 1 N–H and O–H groups in total. The van der Waals surface area contributed by atoms with E-state index in [1.54, 1.807) is 13.3 Å². The maximum absolute atomic E-state index is 5.24. The molecule has 0 aliphatic heterocycles. The van der Waals surface area contributed by atoms with Gasteiger partial charge in [0, 0.05) is 12.7 Å². The van der Waals surface area contributed by atoms with Crippen LogP contribution in [0.25, 0.3) is 0 Å². The van der Waals surface area contributed by atoms with Crippen LogP contribution in [0.4, 0.5) is 5.82 Å². The molecule has 0 saturated heterocycles. The van der Waals surface area contributed by atoms with Crippen LogP contribution >= 0.6 is 0 Å². The van der Waals surface area contributed by atoms with E-state index < -0.39 is 0 Å². The van der Waals surface area contributed by atoms with Crippen LogP contribution in [0.2, 0.25) is 0 Å². The standard InChI is InChI=1S/C15H18N2O/c1-18-14-10-6-12-17-15(14)16-11-5-9-13-7-3-2-4-8-13/h2-4,6-8,10,12H,5,9,11H2,1H3,(H,16,17). The number of nitrogens with one attached hydrogen (secondary N) is 1. The molecule has 0 amide bonds. The van der Waals surface area contributed by atoms with E-state index >= 15 is 0 Å². The number of ether oxygens (including phenoxy) is 1. The Hall–Kier alpha value is -2.03. The van der Waals surface area contributed by atoms with Crippen molar-refractivity contribution in [1.29, 1.82) is 0 Å². The van der Waals surface area contributed by atoms with Gasteiger partial charge in [0.2, 0.25) is 0 Å². The molecule has 3 nitrogen and oxygen atoms in total. The molecule has 0 spiro atoms. The summed E-state index contributed by atoms with van der Waals surface area (Å²) < 4.78 is 5.24. The maximum Gasteiger partial charge on any atom is 0.168 e. The monoisotopic (exact) mass is 242 g/mol. The Balaban J connectivity index is 1.78. The molecule has 3 heteroatoms. The number of benzene rings is 1. The Morgan fingerprint density at radius 1 is 1.11 bits per heavy atom. The van der Waals surface area contributed by atoms with Gasteiger partial charge in [-0.3, -0.25) is 0 Å². The minimum atomic E-state index is 0.789. The van der Waals surface area contributed by atoms with Gasteiger partial charge in [-0.1, -0.05) is 30.3 Å². The molecule has 0 aliphatic rings. The normalized spacial score (nSPS) is 10.1. The van der Waals surface area contributed by atoms with Gasteiger partial charge in [-0.15, -0.1) is 0 Å². The molecule has 0 atom stereocenters.